The number of rotatable bonds is 6. The summed E-state index contributed by atoms with van der Waals surface area (Å²) in [6, 6.07) is 6.18. The van der Waals surface area contributed by atoms with Crippen LogP contribution in [0.5, 0.6) is 0 Å². The van der Waals surface area contributed by atoms with E-state index in [0.29, 0.717) is 30.4 Å². The molecule has 0 saturated carbocycles. The van der Waals surface area contributed by atoms with Crippen molar-refractivity contribution in [3.8, 4) is 11.5 Å². The third-order valence-corrected chi connectivity index (χ3v) is 4.75. The quantitative estimate of drug-likeness (QED) is 0.889. The molecule has 0 bridgehead atoms. The van der Waals surface area contributed by atoms with Crippen LogP contribution in [0.2, 0.25) is 0 Å². The minimum absolute atomic E-state index is 0.0974. The van der Waals surface area contributed by atoms with E-state index in [1.165, 1.54) is 12.1 Å². The lowest BCUT2D eigenvalue weighted by atomic mass is 9.90. The van der Waals surface area contributed by atoms with Crippen molar-refractivity contribution in [1.29, 1.82) is 0 Å². The molecule has 1 aliphatic heterocycles. The number of aliphatic hydroxyl groups excluding tert-OH is 1. The summed E-state index contributed by atoms with van der Waals surface area (Å²) in [4.78, 5) is 4.36. The first-order chi connectivity index (χ1) is 10.2. The average Bonchev–Trinajstić information content (AvgIpc) is 2.91. The zero-order valence-electron chi connectivity index (χ0n) is 11.4. The van der Waals surface area contributed by atoms with E-state index in [2.05, 4.69) is 4.98 Å². The standard InChI is InChI=1S/C15H16FNO3S/c16-12-3-1-2-11(4-12)14-17-13(5-20-14)6-21-10-15(7-18)8-19-9-15/h1-5,18H,6-10H2. The summed E-state index contributed by atoms with van der Waals surface area (Å²) in [6.07, 6.45) is 1.59. The van der Waals surface area contributed by atoms with Crippen molar-refractivity contribution in [2.75, 3.05) is 25.6 Å². The van der Waals surface area contributed by atoms with Crippen molar-refractivity contribution >= 4 is 11.8 Å². The third kappa shape index (κ3) is 3.28. The molecule has 0 aliphatic carbocycles. The summed E-state index contributed by atoms with van der Waals surface area (Å²) in [5.41, 5.74) is 1.35. The van der Waals surface area contributed by atoms with Gasteiger partial charge in [0, 0.05) is 22.5 Å². The molecule has 1 aliphatic rings. The van der Waals surface area contributed by atoms with Gasteiger partial charge in [0.2, 0.25) is 5.89 Å². The summed E-state index contributed by atoms with van der Waals surface area (Å²) in [5.74, 6) is 1.64. The predicted octanol–water partition coefficient (Wildman–Crippen LogP) is 2.72. The van der Waals surface area contributed by atoms with E-state index in [9.17, 15) is 9.50 Å². The van der Waals surface area contributed by atoms with E-state index in [1.807, 2.05) is 0 Å². The number of benzene rings is 1. The van der Waals surface area contributed by atoms with Gasteiger partial charge in [-0.3, -0.25) is 0 Å². The highest BCUT2D eigenvalue weighted by atomic mass is 32.2. The maximum Gasteiger partial charge on any atom is 0.226 e. The Morgan fingerprint density at radius 1 is 1.38 bits per heavy atom. The number of nitrogens with zero attached hydrogens (tertiary/aromatic N) is 1. The Kier molecular flexibility index (Phi) is 4.28. The van der Waals surface area contributed by atoms with Crippen LogP contribution in [0.1, 0.15) is 5.69 Å². The SMILES string of the molecule is OCC1(CSCc2coc(-c3cccc(F)c3)n2)COC1. The van der Waals surface area contributed by atoms with Gasteiger partial charge in [-0.15, -0.1) is 0 Å². The van der Waals surface area contributed by atoms with Crippen LogP contribution in [0.15, 0.2) is 34.9 Å². The Bertz CT molecular complexity index is 607. The van der Waals surface area contributed by atoms with Gasteiger partial charge in [-0.2, -0.15) is 11.8 Å². The fourth-order valence-electron chi connectivity index (χ4n) is 2.11. The Morgan fingerprint density at radius 3 is 2.90 bits per heavy atom. The smallest absolute Gasteiger partial charge is 0.226 e. The topological polar surface area (TPSA) is 55.5 Å². The molecular weight excluding hydrogens is 293 g/mol. The van der Waals surface area contributed by atoms with Crippen LogP contribution in [0, 0.1) is 11.2 Å². The van der Waals surface area contributed by atoms with E-state index in [0.717, 1.165) is 11.4 Å². The summed E-state index contributed by atoms with van der Waals surface area (Å²) in [5, 5.41) is 9.35. The van der Waals surface area contributed by atoms with Crippen LogP contribution in [0.25, 0.3) is 11.5 Å². The van der Waals surface area contributed by atoms with Gasteiger partial charge in [0.05, 0.1) is 25.5 Å². The summed E-state index contributed by atoms with van der Waals surface area (Å²) in [7, 11) is 0. The first kappa shape index (κ1) is 14.6. The van der Waals surface area contributed by atoms with Crippen LogP contribution < -0.4 is 0 Å². The fraction of sp³-hybridized carbons (Fsp3) is 0.400. The van der Waals surface area contributed by atoms with Gasteiger partial charge in [-0.05, 0) is 18.2 Å². The molecule has 3 rings (SSSR count). The van der Waals surface area contributed by atoms with Crippen molar-refractivity contribution in [3.05, 3.63) is 42.0 Å². The lowest BCUT2D eigenvalue weighted by molar-refractivity contribution is -0.121. The Hall–Kier alpha value is -1.37. The van der Waals surface area contributed by atoms with E-state index in [1.54, 1.807) is 30.2 Å². The van der Waals surface area contributed by atoms with Gasteiger partial charge in [-0.25, -0.2) is 9.37 Å². The minimum atomic E-state index is -0.309. The molecule has 21 heavy (non-hydrogen) atoms. The Balaban J connectivity index is 1.58. The first-order valence-electron chi connectivity index (χ1n) is 6.67. The number of aliphatic hydroxyl groups is 1. The van der Waals surface area contributed by atoms with Crippen molar-refractivity contribution in [1.82, 2.24) is 4.98 Å². The molecule has 1 aromatic carbocycles. The molecule has 1 saturated heterocycles. The molecule has 0 amide bonds. The average molecular weight is 309 g/mol. The molecule has 0 atom stereocenters. The molecule has 0 unspecified atom stereocenters. The van der Waals surface area contributed by atoms with Crippen LogP contribution in [0.4, 0.5) is 4.39 Å². The number of aromatic nitrogens is 1. The van der Waals surface area contributed by atoms with Crippen molar-refractivity contribution in [3.63, 3.8) is 0 Å². The second-order valence-electron chi connectivity index (χ2n) is 5.30. The van der Waals surface area contributed by atoms with Crippen LogP contribution in [-0.4, -0.2) is 35.7 Å². The maximum atomic E-state index is 13.2. The second-order valence-corrected chi connectivity index (χ2v) is 6.28. The molecule has 2 aromatic rings. The highest BCUT2D eigenvalue weighted by molar-refractivity contribution is 7.98. The molecule has 1 N–H and O–H groups in total. The van der Waals surface area contributed by atoms with E-state index in [4.69, 9.17) is 9.15 Å². The Morgan fingerprint density at radius 2 is 2.24 bits per heavy atom. The van der Waals surface area contributed by atoms with Crippen molar-refractivity contribution in [2.45, 2.75) is 5.75 Å². The van der Waals surface area contributed by atoms with E-state index >= 15 is 0 Å². The van der Waals surface area contributed by atoms with Crippen molar-refractivity contribution < 1.29 is 18.7 Å². The molecule has 6 heteroatoms. The second kappa shape index (κ2) is 6.17. The largest absolute Gasteiger partial charge is 0.444 e. The zero-order chi connectivity index (χ0) is 14.7. The van der Waals surface area contributed by atoms with Crippen molar-refractivity contribution in [2.24, 2.45) is 5.41 Å². The number of hydrogen-bond donors (Lipinski definition) is 1. The van der Waals surface area contributed by atoms with Crippen LogP contribution in [-0.2, 0) is 10.5 Å². The highest BCUT2D eigenvalue weighted by Gasteiger charge is 2.37. The number of hydrogen-bond acceptors (Lipinski definition) is 5. The molecule has 2 heterocycles. The summed E-state index contributed by atoms with van der Waals surface area (Å²) >= 11 is 1.69. The highest BCUT2D eigenvalue weighted by Crippen LogP contribution is 2.32. The minimum Gasteiger partial charge on any atom is -0.444 e. The molecule has 0 radical (unpaired) electrons. The van der Waals surface area contributed by atoms with Crippen LogP contribution in [0.3, 0.4) is 0 Å². The molecule has 4 nitrogen and oxygen atoms in total. The molecule has 1 aromatic heterocycles. The van der Waals surface area contributed by atoms with Gasteiger partial charge in [0.1, 0.15) is 12.1 Å². The van der Waals surface area contributed by atoms with Gasteiger partial charge in [0.15, 0.2) is 0 Å². The fourth-order valence-corrected chi connectivity index (χ4v) is 3.25. The number of thioether (sulfide) groups is 1. The van der Waals surface area contributed by atoms with E-state index < -0.39 is 0 Å². The van der Waals surface area contributed by atoms with Gasteiger partial charge in [-0.1, -0.05) is 6.07 Å². The monoisotopic (exact) mass is 309 g/mol. The van der Waals surface area contributed by atoms with Gasteiger partial charge in [0.25, 0.3) is 0 Å². The lowest BCUT2D eigenvalue weighted by Crippen LogP contribution is -2.47. The molecule has 112 valence electrons. The third-order valence-electron chi connectivity index (χ3n) is 3.43. The number of ether oxygens (including phenoxy) is 1. The summed E-state index contributed by atoms with van der Waals surface area (Å²) in [6.45, 7) is 1.38. The molecular formula is C15H16FNO3S. The first-order valence-corrected chi connectivity index (χ1v) is 7.83. The molecule has 0 spiro atoms. The van der Waals surface area contributed by atoms with Gasteiger partial charge >= 0.3 is 0 Å². The van der Waals surface area contributed by atoms with Crippen LogP contribution >= 0.6 is 11.8 Å². The molecule has 1 fully saturated rings. The number of oxazole rings is 1. The van der Waals surface area contributed by atoms with E-state index in [-0.39, 0.29) is 17.8 Å². The maximum absolute atomic E-state index is 13.2. The normalized spacial score (nSPS) is 16.7. The zero-order valence-corrected chi connectivity index (χ0v) is 12.2. The predicted molar refractivity (Wildman–Crippen MR) is 78.4 cm³/mol. The Labute approximate surface area is 126 Å². The van der Waals surface area contributed by atoms with Gasteiger partial charge < -0.3 is 14.3 Å². The number of halogens is 1. The lowest BCUT2D eigenvalue weighted by Gasteiger charge is -2.39. The summed E-state index contributed by atoms with van der Waals surface area (Å²) < 4.78 is 23.7.